The summed E-state index contributed by atoms with van der Waals surface area (Å²) in [5.74, 6) is 0.942. The van der Waals surface area contributed by atoms with Gasteiger partial charge >= 0.3 is 6.18 Å². The zero-order chi connectivity index (χ0) is 22.3. The van der Waals surface area contributed by atoms with Crippen molar-refractivity contribution < 1.29 is 13.2 Å². The monoisotopic (exact) mass is 441 g/mol. The van der Waals surface area contributed by atoms with Crippen molar-refractivity contribution >= 4 is 11.3 Å². The summed E-state index contributed by atoms with van der Waals surface area (Å²) in [4.78, 5) is 8.41. The lowest BCUT2D eigenvalue weighted by Gasteiger charge is -2.21. The minimum atomic E-state index is -4.39. The van der Waals surface area contributed by atoms with Gasteiger partial charge in [-0.1, -0.05) is 30.3 Å². The van der Waals surface area contributed by atoms with E-state index in [4.69, 9.17) is 0 Å². The van der Waals surface area contributed by atoms with Crippen LogP contribution in [0.2, 0.25) is 0 Å². The molecular formula is C26H30F3N3. The van der Waals surface area contributed by atoms with E-state index in [2.05, 4.69) is 52.0 Å². The van der Waals surface area contributed by atoms with E-state index in [9.17, 15) is 13.2 Å². The Bertz CT molecular complexity index is 965. The summed E-state index contributed by atoms with van der Waals surface area (Å²) in [6.45, 7) is 6.37. The Morgan fingerprint density at radius 1 is 1.06 bits per heavy atom. The lowest BCUT2D eigenvalue weighted by molar-refractivity contribution is -0.141. The van der Waals surface area contributed by atoms with E-state index in [0.717, 1.165) is 44.2 Å². The van der Waals surface area contributed by atoms with Crippen LogP contribution < -0.4 is 4.90 Å². The van der Waals surface area contributed by atoms with E-state index in [1.165, 1.54) is 42.3 Å². The molecule has 0 spiro atoms. The molecule has 3 atom stereocenters. The first-order valence-corrected chi connectivity index (χ1v) is 11.7. The number of anilines is 1. The van der Waals surface area contributed by atoms with E-state index >= 15 is 0 Å². The number of aromatic nitrogens is 1. The van der Waals surface area contributed by atoms with Gasteiger partial charge in [0, 0.05) is 31.6 Å². The Labute approximate surface area is 187 Å². The lowest BCUT2D eigenvalue weighted by Crippen LogP contribution is -2.28. The second-order valence-electron chi connectivity index (χ2n) is 9.54. The Morgan fingerprint density at radius 2 is 1.88 bits per heavy atom. The molecule has 0 radical (unpaired) electrons. The first kappa shape index (κ1) is 21.5. The molecule has 170 valence electrons. The van der Waals surface area contributed by atoms with Gasteiger partial charge in [0.05, 0.1) is 11.9 Å². The summed E-state index contributed by atoms with van der Waals surface area (Å²) in [6.07, 6.45) is 4.08. The second kappa shape index (κ2) is 8.54. The topological polar surface area (TPSA) is 19.4 Å². The number of nitrogens with zero attached hydrogens (tertiary/aromatic N) is 3. The number of rotatable bonds is 5. The Balaban J connectivity index is 1.22. The van der Waals surface area contributed by atoms with Crippen molar-refractivity contribution in [2.24, 2.45) is 11.8 Å². The molecule has 2 saturated heterocycles. The first-order valence-electron chi connectivity index (χ1n) is 11.7. The molecule has 2 aliphatic heterocycles. The van der Waals surface area contributed by atoms with Gasteiger partial charge in [0.1, 0.15) is 5.69 Å². The summed E-state index contributed by atoms with van der Waals surface area (Å²) >= 11 is 0. The van der Waals surface area contributed by atoms with Crippen molar-refractivity contribution in [2.45, 2.75) is 44.8 Å². The Morgan fingerprint density at radius 3 is 2.53 bits per heavy atom. The van der Waals surface area contributed by atoms with Crippen molar-refractivity contribution in [3.05, 3.63) is 65.5 Å². The molecule has 0 N–H and O–H groups in total. The summed E-state index contributed by atoms with van der Waals surface area (Å²) in [6, 6.07) is 12.4. The van der Waals surface area contributed by atoms with Crippen molar-refractivity contribution in [1.82, 2.24) is 9.88 Å². The normalized spacial score (nSPS) is 25.9. The van der Waals surface area contributed by atoms with Gasteiger partial charge in [-0.25, -0.2) is 4.98 Å². The zero-order valence-electron chi connectivity index (χ0n) is 18.5. The molecule has 3 nitrogen and oxygen atoms in total. The van der Waals surface area contributed by atoms with Crippen LogP contribution in [0.15, 0.2) is 48.7 Å². The third-order valence-electron chi connectivity index (χ3n) is 7.55. The van der Waals surface area contributed by atoms with Crippen LogP contribution in [0.1, 0.15) is 43.0 Å². The predicted molar refractivity (Wildman–Crippen MR) is 121 cm³/mol. The van der Waals surface area contributed by atoms with Gasteiger partial charge in [0.15, 0.2) is 0 Å². The van der Waals surface area contributed by atoms with E-state index < -0.39 is 11.9 Å². The van der Waals surface area contributed by atoms with Gasteiger partial charge in [-0.2, -0.15) is 13.2 Å². The number of alkyl halides is 3. The summed E-state index contributed by atoms with van der Waals surface area (Å²) < 4.78 is 38.4. The minimum absolute atomic E-state index is 0.425. The van der Waals surface area contributed by atoms with E-state index in [1.807, 2.05) is 0 Å². The molecule has 2 fully saturated rings. The molecule has 3 heterocycles. The van der Waals surface area contributed by atoms with Gasteiger partial charge in [-0.15, -0.1) is 0 Å². The zero-order valence-corrected chi connectivity index (χ0v) is 18.5. The largest absolute Gasteiger partial charge is 0.433 e. The number of hydrogen-bond acceptors (Lipinski definition) is 3. The summed E-state index contributed by atoms with van der Waals surface area (Å²) in [5.41, 5.74) is 3.99. The molecule has 0 saturated carbocycles. The fourth-order valence-electron chi connectivity index (χ4n) is 5.64. The highest BCUT2D eigenvalue weighted by Crippen LogP contribution is 2.44. The molecule has 1 aromatic carbocycles. The highest BCUT2D eigenvalue weighted by Gasteiger charge is 2.39. The smallest absolute Gasteiger partial charge is 0.369 e. The number of allylic oxidation sites excluding steroid dienone is 1. The number of fused-ring (bicyclic) bond motifs is 1. The van der Waals surface area contributed by atoms with Gasteiger partial charge in [-0.05, 0) is 73.9 Å². The third-order valence-corrected chi connectivity index (χ3v) is 7.55. The van der Waals surface area contributed by atoms with Crippen molar-refractivity contribution in [1.29, 1.82) is 0 Å². The van der Waals surface area contributed by atoms with Gasteiger partial charge < -0.3 is 9.80 Å². The molecule has 3 aliphatic rings. The van der Waals surface area contributed by atoms with Crippen LogP contribution in [-0.2, 0) is 12.6 Å². The van der Waals surface area contributed by atoms with Gasteiger partial charge in [0.25, 0.3) is 0 Å². The summed E-state index contributed by atoms with van der Waals surface area (Å²) in [5, 5.41) is 0. The number of likely N-dealkylation sites (tertiary alicyclic amines) is 1. The fraction of sp³-hybridized carbons (Fsp3) is 0.500. The van der Waals surface area contributed by atoms with Crippen LogP contribution in [0.25, 0.3) is 5.57 Å². The van der Waals surface area contributed by atoms with Crippen LogP contribution in [-0.4, -0.2) is 42.1 Å². The molecule has 0 bridgehead atoms. The van der Waals surface area contributed by atoms with Crippen LogP contribution in [0.3, 0.4) is 0 Å². The van der Waals surface area contributed by atoms with Gasteiger partial charge in [-0.3, -0.25) is 0 Å². The van der Waals surface area contributed by atoms with E-state index in [1.54, 1.807) is 6.07 Å². The molecule has 1 aliphatic carbocycles. The average molecular weight is 442 g/mol. The van der Waals surface area contributed by atoms with Crippen LogP contribution >= 0.6 is 0 Å². The van der Waals surface area contributed by atoms with Crippen LogP contribution in [0.5, 0.6) is 0 Å². The molecule has 32 heavy (non-hydrogen) atoms. The number of halogens is 3. The molecule has 1 unspecified atom stereocenters. The van der Waals surface area contributed by atoms with Crippen molar-refractivity contribution in [2.75, 3.05) is 31.1 Å². The molecule has 2 aromatic rings. The maximum Gasteiger partial charge on any atom is 0.433 e. The average Bonchev–Trinajstić information content (AvgIpc) is 3.48. The maximum absolute atomic E-state index is 12.8. The third kappa shape index (κ3) is 4.29. The maximum atomic E-state index is 12.8. The highest BCUT2D eigenvalue weighted by molar-refractivity contribution is 5.72. The number of pyridine rings is 1. The van der Waals surface area contributed by atoms with Crippen molar-refractivity contribution in [3.8, 4) is 0 Å². The van der Waals surface area contributed by atoms with Crippen LogP contribution in [0.4, 0.5) is 18.9 Å². The molecular weight excluding hydrogens is 411 g/mol. The highest BCUT2D eigenvalue weighted by atomic mass is 19.4. The number of benzene rings is 1. The van der Waals surface area contributed by atoms with E-state index in [0.29, 0.717) is 17.9 Å². The van der Waals surface area contributed by atoms with Crippen LogP contribution in [0, 0.1) is 11.8 Å². The van der Waals surface area contributed by atoms with E-state index in [-0.39, 0.29) is 0 Å². The molecule has 6 heteroatoms. The Kier molecular flexibility index (Phi) is 5.74. The van der Waals surface area contributed by atoms with Gasteiger partial charge in [0.2, 0.25) is 0 Å². The standard InChI is InChI=1S/C26H30F3N3/c1-18-3-2-13-31(18)14-12-19-4-6-20(7-5-19)23-10-8-21-16-32(17-24(21)23)22-9-11-25(30-15-22)26(27,28)29/h4-7,9-11,15,18,21,24H,2-3,8,12-14,16-17H2,1H3/t18?,21-,24+/m1/s1. The lowest BCUT2D eigenvalue weighted by atomic mass is 9.90. The minimum Gasteiger partial charge on any atom is -0.369 e. The molecule has 0 amide bonds. The Hall–Kier alpha value is -2.34. The summed E-state index contributed by atoms with van der Waals surface area (Å²) in [7, 11) is 0. The predicted octanol–water partition coefficient (Wildman–Crippen LogP) is 5.67. The SMILES string of the molecule is CC1CCCN1CCc1ccc(C2=CC[C@@H]3CN(c4ccc(C(F)(F)F)nc4)C[C@H]23)cc1. The quantitative estimate of drug-likeness (QED) is 0.596. The first-order chi connectivity index (χ1) is 15.4. The fourth-order valence-corrected chi connectivity index (χ4v) is 5.64. The van der Waals surface area contributed by atoms with Crippen molar-refractivity contribution in [3.63, 3.8) is 0 Å². The molecule has 1 aromatic heterocycles. The second-order valence-corrected chi connectivity index (χ2v) is 9.54. The number of hydrogen-bond donors (Lipinski definition) is 0. The molecule has 5 rings (SSSR count).